The van der Waals surface area contributed by atoms with Crippen molar-refractivity contribution in [2.24, 2.45) is 0 Å². The summed E-state index contributed by atoms with van der Waals surface area (Å²) >= 11 is 1.46. The number of carbonyl (C=O) groups excluding carboxylic acids is 1. The van der Waals surface area contributed by atoms with Crippen molar-refractivity contribution >= 4 is 33.0 Å². The Labute approximate surface area is 116 Å². The van der Waals surface area contributed by atoms with Crippen LogP contribution in [0.25, 0.3) is 10.1 Å². The highest BCUT2D eigenvalue weighted by atomic mass is 32.1. The monoisotopic (exact) mass is 273 g/mol. The number of nitriles is 1. The van der Waals surface area contributed by atoms with Crippen LogP contribution in [0.15, 0.2) is 24.3 Å². The zero-order valence-electron chi connectivity index (χ0n) is 10.9. The second-order valence-electron chi connectivity index (χ2n) is 4.20. The van der Waals surface area contributed by atoms with Crippen molar-refractivity contribution in [3.8, 4) is 6.07 Å². The Morgan fingerprint density at radius 2 is 2.21 bits per heavy atom. The fourth-order valence-corrected chi connectivity index (χ4v) is 3.08. The Hall–Kier alpha value is -2.06. The van der Waals surface area contributed by atoms with Gasteiger partial charge < -0.3 is 10.2 Å². The van der Waals surface area contributed by atoms with Gasteiger partial charge in [-0.2, -0.15) is 5.26 Å². The van der Waals surface area contributed by atoms with Gasteiger partial charge >= 0.3 is 0 Å². The molecule has 1 amide bonds. The average Bonchev–Trinajstić information content (AvgIpc) is 2.77. The van der Waals surface area contributed by atoms with Crippen LogP contribution in [0, 0.1) is 11.3 Å². The third kappa shape index (κ3) is 2.69. The van der Waals surface area contributed by atoms with Gasteiger partial charge in [0.15, 0.2) is 0 Å². The number of anilines is 1. The molecule has 1 aromatic carbocycles. The molecule has 1 aromatic heterocycles. The van der Waals surface area contributed by atoms with Gasteiger partial charge in [-0.3, -0.25) is 4.79 Å². The van der Waals surface area contributed by atoms with Gasteiger partial charge in [-0.05, 0) is 13.0 Å². The van der Waals surface area contributed by atoms with E-state index in [1.165, 1.54) is 11.3 Å². The minimum absolute atomic E-state index is 0.0378. The van der Waals surface area contributed by atoms with Gasteiger partial charge in [0.25, 0.3) is 0 Å². The summed E-state index contributed by atoms with van der Waals surface area (Å²) in [5.74, 6) is -0.0378. The van der Waals surface area contributed by atoms with Gasteiger partial charge in [0.05, 0.1) is 12.2 Å². The molecule has 98 valence electrons. The molecular weight excluding hydrogens is 258 g/mol. The minimum Gasteiger partial charge on any atom is -0.363 e. The molecule has 4 nitrogen and oxygen atoms in total. The summed E-state index contributed by atoms with van der Waals surface area (Å²) in [5.41, 5.74) is 0.842. The molecule has 0 aliphatic carbocycles. The van der Waals surface area contributed by atoms with Crippen LogP contribution in [0.5, 0.6) is 0 Å². The number of amides is 1. The fraction of sp³-hybridized carbons (Fsp3) is 0.286. The van der Waals surface area contributed by atoms with Crippen molar-refractivity contribution in [2.75, 3.05) is 25.0 Å². The highest BCUT2D eigenvalue weighted by Crippen LogP contribution is 2.37. The summed E-state index contributed by atoms with van der Waals surface area (Å²) in [6.45, 7) is 2.75. The lowest BCUT2D eigenvalue weighted by Crippen LogP contribution is -2.35. The van der Waals surface area contributed by atoms with Crippen molar-refractivity contribution in [2.45, 2.75) is 6.92 Å². The molecule has 2 aromatic rings. The van der Waals surface area contributed by atoms with Crippen molar-refractivity contribution in [1.82, 2.24) is 5.32 Å². The molecule has 0 aliphatic rings. The van der Waals surface area contributed by atoms with E-state index < -0.39 is 0 Å². The van der Waals surface area contributed by atoms with E-state index in [1.807, 2.05) is 43.1 Å². The van der Waals surface area contributed by atoms with Crippen molar-refractivity contribution in [3.63, 3.8) is 0 Å². The van der Waals surface area contributed by atoms with E-state index in [0.717, 1.165) is 15.8 Å². The minimum atomic E-state index is -0.0378. The molecule has 0 aliphatic heterocycles. The molecule has 5 heteroatoms. The maximum atomic E-state index is 11.7. The van der Waals surface area contributed by atoms with E-state index in [9.17, 15) is 10.1 Å². The molecule has 1 N–H and O–H groups in total. The highest BCUT2D eigenvalue weighted by molar-refractivity contribution is 7.20. The fourth-order valence-electron chi connectivity index (χ4n) is 2.03. The maximum Gasteiger partial charge on any atom is 0.239 e. The first-order chi connectivity index (χ1) is 9.17. The predicted molar refractivity (Wildman–Crippen MR) is 78.5 cm³/mol. The van der Waals surface area contributed by atoms with Crippen LogP contribution >= 0.6 is 11.3 Å². The summed E-state index contributed by atoms with van der Waals surface area (Å²) in [6.07, 6.45) is 0. The number of nitrogens with zero attached hydrogens (tertiary/aromatic N) is 2. The SMILES string of the molecule is CCNC(=O)CN(C)c1c(C#N)sc2ccccc12. The molecule has 0 bridgehead atoms. The maximum absolute atomic E-state index is 11.7. The van der Waals surface area contributed by atoms with Gasteiger partial charge in [-0.1, -0.05) is 18.2 Å². The molecule has 19 heavy (non-hydrogen) atoms. The first-order valence-corrected chi connectivity index (χ1v) is 6.88. The van der Waals surface area contributed by atoms with Crippen molar-refractivity contribution in [3.05, 3.63) is 29.1 Å². The van der Waals surface area contributed by atoms with Gasteiger partial charge in [0.2, 0.25) is 5.91 Å². The molecule has 0 atom stereocenters. The molecule has 1 heterocycles. The Kier molecular flexibility index (Phi) is 4.03. The summed E-state index contributed by atoms with van der Waals surface area (Å²) in [7, 11) is 1.84. The van der Waals surface area contributed by atoms with Crippen LogP contribution in [0.4, 0.5) is 5.69 Å². The predicted octanol–water partition coefficient (Wildman–Crippen LogP) is 2.35. The third-order valence-corrected chi connectivity index (χ3v) is 3.87. The zero-order chi connectivity index (χ0) is 13.8. The number of carbonyl (C=O) groups is 1. The number of thiophene rings is 1. The number of hydrogen-bond acceptors (Lipinski definition) is 4. The van der Waals surface area contributed by atoms with Crippen molar-refractivity contribution < 1.29 is 4.79 Å². The van der Waals surface area contributed by atoms with Crippen LogP contribution in [0.2, 0.25) is 0 Å². The Morgan fingerprint density at radius 3 is 2.89 bits per heavy atom. The smallest absolute Gasteiger partial charge is 0.239 e. The number of nitrogens with one attached hydrogen (secondary N) is 1. The van der Waals surface area contributed by atoms with Gasteiger partial charge in [0.1, 0.15) is 10.9 Å². The quantitative estimate of drug-likeness (QED) is 0.930. The lowest BCUT2D eigenvalue weighted by atomic mass is 10.2. The molecule has 0 radical (unpaired) electrons. The van der Waals surface area contributed by atoms with E-state index in [0.29, 0.717) is 11.4 Å². The number of rotatable bonds is 4. The van der Waals surface area contributed by atoms with Gasteiger partial charge in [-0.25, -0.2) is 0 Å². The van der Waals surface area contributed by atoms with E-state index in [4.69, 9.17) is 0 Å². The molecule has 2 rings (SSSR count). The topological polar surface area (TPSA) is 56.1 Å². The van der Waals surface area contributed by atoms with E-state index in [-0.39, 0.29) is 12.5 Å². The first kappa shape index (κ1) is 13.4. The highest BCUT2D eigenvalue weighted by Gasteiger charge is 2.17. The van der Waals surface area contributed by atoms with E-state index in [2.05, 4.69) is 11.4 Å². The zero-order valence-corrected chi connectivity index (χ0v) is 11.8. The van der Waals surface area contributed by atoms with Gasteiger partial charge in [-0.15, -0.1) is 11.3 Å². The van der Waals surface area contributed by atoms with Gasteiger partial charge in [0, 0.05) is 23.7 Å². The van der Waals surface area contributed by atoms with E-state index >= 15 is 0 Å². The number of fused-ring (bicyclic) bond motifs is 1. The lowest BCUT2D eigenvalue weighted by Gasteiger charge is -2.18. The van der Waals surface area contributed by atoms with E-state index in [1.54, 1.807) is 0 Å². The summed E-state index contributed by atoms with van der Waals surface area (Å²) in [4.78, 5) is 14.1. The Morgan fingerprint density at radius 1 is 1.47 bits per heavy atom. The largest absolute Gasteiger partial charge is 0.363 e. The summed E-state index contributed by atoms with van der Waals surface area (Å²) < 4.78 is 1.07. The Bertz CT molecular complexity index is 642. The van der Waals surface area contributed by atoms with Crippen LogP contribution in [0.1, 0.15) is 11.8 Å². The summed E-state index contributed by atoms with van der Waals surface area (Å²) in [6, 6.07) is 10.1. The summed E-state index contributed by atoms with van der Waals surface area (Å²) in [5, 5.41) is 13.0. The number of hydrogen-bond donors (Lipinski definition) is 1. The lowest BCUT2D eigenvalue weighted by molar-refractivity contribution is -0.119. The number of benzene rings is 1. The second kappa shape index (κ2) is 5.72. The normalized spacial score (nSPS) is 10.2. The molecule has 0 unspecified atom stereocenters. The van der Waals surface area contributed by atoms with Crippen molar-refractivity contribution in [1.29, 1.82) is 5.26 Å². The van der Waals surface area contributed by atoms with Crippen LogP contribution in [-0.4, -0.2) is 26.0 Å². The molecular formula is C14H15N3OS. The molecule has 0 spiro atoms. The molecule has 0 saturated carbocycles. The van der Waals surface area contributed by atoms with Crippen LogP contribution in [0.3, 0.4) is 0 Å². The van der Waals surface area contributed by atoms with Crippen LogP contribution in [-0.2, 0) is 4.79 Å². The number of likely N-dealkylation sites (N-methyl/N-ethyl adjacent to an activating group) is 2. The standard InChI is InChI=1S/C14H15N3OS/c1-3-16-13(18)9-17(2)14-10-6-4-5-7-11(10)19-12(14)8-15/h4-7H,3,9H2,1-2H3,(H,16,18). The first-order valence-electron chi connectivity index (χ1n) is 6.06. The molecule has 0 saturated heterocycles. The third-order valence-electron chi connectivity index (χ3n) is 2.81. The van der Waals surface area contributed by atoms with Crippen LogP contribution < -0.4 is 10.2 Å². The average molecular weight is 273 g/mol. The Balaban J connectivity index is 2.38. The second-order valence-corrected chi connectivity index (χ2v) is 5.25. The molecule has 0 fully saturated rings.